The second-order valence-corrected chi connectivity index (χ2v) is 5.53. The Hall–Kier alpha value is -2.27. The first-order chi connectivity index (χ1) is 9.61. The van der Waals surface area contributed by atoms with Crippen molar-refractivity contribution in [1.29, 1.82) is 0 Å². The Labute approximate surface area is 120 Å². The third kappa shape index (κ3) is 2.53. The van der Waals surface area contributed by atoms with Gasteiger partial charge in [-0.3, -0.25) is 9.78 Å². The fraction of sp³-hybridized carbons (Fsp3) is 0.133. The van der Waals surface area contributed by atoms with Crippen LogP contribution in [0.1, 0.15) is 21.7 Å². The lowest BCUT2D eigenvalue weighted by Gasteiger charge is -2.03. The van der Waals surface area contributed by atoms with Crippen LogP contribution in [0.5, 0.6) is 0 Å². The van der Waals surface area contributed by atoms with Gasteiger partial charge in [-0.25, -0.2) is 4.98 Å². The molecule has 0 unspecified atom stereocenters. The van der Waals surface area contributed by atoms with E-state index in [9.17, 15) is 4.79 Å². The lowest BCUT2D eigenvalue weighted by atomic mass is 10.0. The molecule has 0 aliphatic rings. The number of benzene rings is 1. The normalized spacial score (nSPS) is 10.8. The number of nitrogen functional groups attached to an aromatic ring is 1. The van der Waals surface area contributed by atoms with E-state index >= 15 is 0 Å². The third-order valence-electron chi connectivity index (χ3n) is 3.06. The number of aromatic nitrogens is 2. The van der Waals surface area contributed by atoms with Crippen molar-refractivity contribution in [2.45, 2.75) is 13.3 Å². The van der Waals surface area contributed by atoms with Gasteiger partial charge in [0.1, 0.15) is 0 Å². The van der Waals surface area contributed by atoms with E-state index in [1.807, 2.05) is 42.6 Å². The van der Waals surface area contributed by atoms with Crippen molar-refractivity contribution >= 4 is 33.2 Å². The summed E-state index contributed by atoms with van der Waals surface area (Å²) in [5.74, 6) is 0.0396. The number of fused-ring (bicyclic) bond motifs is 1. The van der Waals surface area contributed by atoms with Crippen molar-refractivity contribution in [3.63, 3.8) is 0 Å². The van der Waals surface area contributed by atoms with E-state index in [1.165, 1.54) is 11.3 Å². The van der Waals surface area contributed by atoms with Gasteiger partial charge in [-0.05, 0) is 31.2 Å². The Morgan fingerprint density at radius 1 is 1.25 bits per heavy atom. The maximum absolute atomic E-state index is 12.2. The van der Waals surface area contributed by atoms with E-state index in [4.69, 9.17) is 5.73 Å². The molecule has 0 atom stereocenters. The topological polar surface area (TPSA) is 68.9 Å². The molecule has 100 valence electrons. The molecule has 0 amide bonds. The minimum atomic E-state index is 0.0396. The van der Waals surface area contributed by atoms with Crippen LogP contribution in [0.2, 0.25) is 0 Å². The monoisotopic (exact) mass is 283 g/mol. The van der Waals surface area contributed by atoms with Crippen LogP contribution in [-0.4, -0.2) is 15.8 Å². The average Bonchev–Trinajstić information content (AvgIpc) is 2.83. The predicted molar refractivity (Wildman–Crippen MR) is 81.0 cm³/mol. The molecule has 20 heavy (non-hydrogen) atoms. The first-order valence-electron chi connectivity index (χ1n) is 6.22. The van der Waals surface area contributed by atoms with Gasteiger partial charge in [0.05, 0.1) is 17.6 Å². The van der Waals surface area contributed by atoms with Gasteiger partial charge >= 0.3 is 0 Å². The van der Waals surface area contributed by atoms with Gasteiger partial charge in [0.25, 0.3) is 0 Å². The second kappa shape index (κ2) is 5.02. The number of hydrogen-bond acceptors (Lipinski definition) is 5. The number of pyridine rings is 1. The van der Waals surface area contributed by atoms with Crippen LogP contribution >= 0.6 is 11.3 Å². The van der Waals surface area contributed by atoms with Gasteiger partial charge in [-0.1, -0.05) is 6.07 Å². The number of Topliss-reactive ketones (excluding diaryl/α,β-unsaturated/α-hetero) is 1. The van der Waals surface area contributed by atoms with E-state index in [0.29, 0.717) is 10.7 Å². The summed E-state index contributed by atoms with van der Waals surface area (Å²) in [4.78, 5) is 20.8. The van der Waals surface area contributed by atoms with Gasteiger partial charge in [0.2, 0.25) is 0 Å². The highest BCUT2D eigenvalue weighted by atomic mass is 32.1. The van der Waals surface area contributed by atoms with Crippen molar-refractivity contribution in [3.05, 3.63) is 52.7 Å². The summed E-state index contributed by atoms with van der Waals surface area (Å²) in [6.07, 6.45) is 0.276. The van der Waals surface area contributed by atoms with Crippen LogP contribution in [0.3, 0.4) is 0 Å². The number of thiazole rings is 1. The van der Waals surface area contributed by atoms with E-state index in [2.05, 4.69) is 9.97 Å². The van der Waals surface area contributed by atoms with E-state index in [-0.39, 0.29) is 12.2 Å². The van der Waals surface area contributed by atoms with Gasteiger partial charge in [0.15, 0.2) is 10.9 Å². The Kier molecular flexibility index (Phi) is 3.20. The molecule has 0 radical (unpaired) electrons. The Morgan fingerprint density at radius 3 is 2.85 bits per heavy atom. The van der Waals surface area contributed by atoms with Gasteiger partial charge < -0.3 is 5.73 Å². The molecule has 2 heterocycles. The highest BCUT2D eigenvalue weighted by Gasteiger charge is 2.10. The fourth-order valence-corrected chi connectivity index (χ4v) is 2.63. The smallest absolute Gasteiger partial charge is 0.180 e. The van der Waals surface area contributed by atoms with Crippen LogP contribution < -0.4 is 5.73 Å². The SMILES string of the molecule is Cc1ccc2cc(C(=O)Cc3csc(N)n3)ccc2n1. The summed E-state index contributed by atoms with van der Waals surface area (Å²) in [5, 5.41) is 3.28. The largest absolute Gasteiger partial charge is 0.375 e. The molecule has 2 aromatic heterocycles. The summed E-state index contributed by atoms with van der Waals surface area (Å²) < 4.78 is 0. The van der Waals surface area contributed by atoms with Crippen LogP contribution in [0.25, 0.3) is 10.9 Å². The molecule has 4 nitrogen and oxygen atoms in total. The van der Waals surface area contributed by atoms with Crippen molar-refractivity contribution < 1.29 is 4.79 Å². The zero-order valence-corrected chi connectivity index (χ0v) is 11.8. The lowest BCUT2D eigenvalue weighted by Crippen LogP contribution is -2.04. The molecular formula is C15H13N3OS. The standard InChI is InChI=1S/C15H13N3OS/c1-9-2-3-10-6-11(4-5-13(10)17-9)14(19)7-12-8-20-15(16)18-12/h2-6,8H,7H2,1H3,(H2,16,18). The Bertz CT molecular complexity index is 795. The Balaban J connectivity index is 1.89. The van der Waals surface area contributed by atoms with Crippen molar-refractivity contribution in [3.8, 4) is 0 Å². The molecular weight excluding hydrogens is 270 g/mol. The molecule has 0 aliphatic carbocycles. The third-order valence-corrected chi connectivity index (χ3v) is 3.78. The summed E-state index contributed by atoms with van der Waals surface area (Å²) in [5.41, 5.74) is 8.84. The van der Waals surface area contributed by atoms with E-state index < -0.39 is 0 Å². The number of ketones is 1. The quantitative estimate of drug-likeness (QED) is 0.750. The molecule has 0 fully saturated rings. The highest BCUT2D eigenvalue weighted by Crippen LogP contribution is 2.18. The number of nitrogens with zero attached hydrogens (tertiary/aromatic N) is 2. The number of anilines is 1. The molecule has 1 aromatic carbocycles. The van der Waals surface area contributed by atoms with E-state index in [1.54, 1.807) is 0 Å². The van der Waals surface area contributed by atoms with Crippen molar-refractivity contribution in [2.24, 2.45) is 0 Å². The molecule has 2 N–H and O–H groups in total. The maximum Gasteiger partial charge on any atom is 0.180 e. The molecule has 5 heteroatoms. The van der Waals surface area contributed by atoms with Crippen LogP contribution in [-0.2, 0) is 6.42 Å². The van der Waals surface area contributed by atoms with Crippen LogP contribution in [0.15, 0.2) is 35.7 Å². The predicted octanol–water partition coefficient (Wildman–Crippen LogP) is 3.01. The van der Waals surface area contributed by atoms with Gasteiger partial charge in [0, 0.05) is 22.0 Å². The first-order valence-corrected chi connectivity index (χ1v) is 7.10. The summed E-state index contributed by atoms with van der Waals surface area (Å²) in [6, 6.07) is 9.49. The average molecular weight is 283 g/mol. The minimum absolute atomic E-state index is 0.0396. The molecule has 0 aliphatic heterocycles. The highest BCUT2D eigenvalue weighted by molar-refractivity contribution is 7.13. The number of carbonyl (C=O) groups excluding carboxylic acids is 1. The molecule has 3 rings (SSSR count). The van der Waals surface area contributed by atoms with Crippen LogP contribution in [0, 0.1) is 6.92 Å². The number of aryl methyl sites for hydroxylation is 1. The van der Waals surface area contributed by atoms with Gasteiger partial charge in [-0.2, -0.15) is 0 Å². The zero-order chi connectivity index (χ0) is 14.1. The number of hydrogen-bond donors (Lipinski definition) is 1. The molecule has 3 aromatic rings. The molecule has 0 spiro atoms. The number of carbonyl (C=O) groups is 1. The van der Waals surface area contributed by atoms with Crippen molar-refractivity contribution in [1.82, 2.24) is 9.97 Å². The van der Waals surface area contributed by atoms with E-state index in [0.717, 1.165) is 22.3 Å². The fourth-order valence-electron chi connectivity index (χ4n) is 2.07. The van der Waals surface area contributed by atoms with Crippen molar-refractivity contribution in [2.75, 3.05) is 5.73 Å². The van der Waals surface area contributed by atoms with Crippen LogP contribution in [0.4, 0.5) is 5.13 Å². The molecule has 0 saturated carbocycles. The number of nitrogens with two attached hydrogens (primary N) is 1. The first kappa shape index (κ1) is 12.7. The van der Waals surface area contributed by atoms with Gasteiger partial charge in [-0.15, -0.1) is 11.3 Å². The lowest BCUT2D eigenvalue weighted by molar-refractivity contribution is 0.0992. The second-order valence-electron chi connectivity index (χ2n) is 4.64. The summed E-state index contributed by atoms with van der Waals surface area (Å²) >= 11 is 1.35. The molecule has 0 saturated heterocycles. The minimum Gasteiger partial charge on any atom is -0.375 e. The Morgan fingerprint density at radius 2 is 2.10 bits per heavy atom. The summed E-state index contributed by atoms with van der Waals surface area (Å²) in [7, 11) is 0. The number of rotatable bonds is 3. The summed E-state index contributed by atoms with van der Waals surface area (Å²) in [6.45, 7) is 1.95. The zero-order valence-electron chi connectivity index (χ0n) is 11.0. The molecule has 0 bridgehead atoms. The maximum atomic E-state index is 12.2.